The molecule has 206 valence electrons. The lowest BCUT2D eigenvalue weighted by Gasteiger charge is -2.34. The van der Waals surface area contributed by atoms with E-state index in [1.165, 1.54) is 0 Å². The minimum absolute atomic E-state index is 0.117. The molecule has 0 unspecified atom stereocenters. The lowest BCUT2D eigenvalue weighted by atomic mass is 9.99. The van der Waals surface area contributed by atoms with Gasteiger partial charge < -0.3 is 9.84 Å². The molecule has 1 rings (SSSR count). The summed E-state index contributed by atoms with van der Waals surface area (Å²) in [6.45, 7) is 0. The largest absolute Gasteiger partial charge is 0.478 e. The van der Waals surface area contributed by atoms with Crippen LogP contribution < -0.4 is 4.74 Å². The molecule has 0 aliphatic heterocycles. The first kappa shape index (κ1) is 31.1. The minimum atomic E-state index is -8.14. The normalized spacial score (nSPS) is 15.5. The Morgan fingerprint density at radius 3 is 1.31 bits per heavy atom. The van der Waals surface area contributed by atoms with Gasteiger partial charge in [0.15, 0.2) is 0 Å². The first-order valence-corrected chi connectivity index (χ1v) is 8.12. The third kappa shape index (κ3) is 4.72. The van der Waals surface area contributed by atoms with E-state index >= 15 is 0 Å². The van der Waals surface area contributed by atoms with Gasteiger partial charge >= 0.3 is 47.9 Å². The Morgan fingerprint density at radius 2 is 0.972 bits per heavy atom. The van der Waals surface area contributed by atoms with Gasteiger partial charge in [-0.2, -0.15) is 65.9 Å². The van der Waals surface area contributed by atoms with Gasteiger partial charge in [-0.25, -0.2) is 13.6 Å². The molecule has 1 N–H and O–H groups in total. The zero-order valence-electron chi connectivity index (χ0n) is 16.0. The highest BCUT2D eigenvalue weighted by molar-refractivity contribution is 5.87. The van der Waals surface area contributed by atoms with Crippen molar-refractivity contribution in [3.05, 3.63) is 41.5 Å². The molecule has 0 heterocycles. The van der Waals surface area contributed by atoms with Crippen molar-refractivity contribution in [1.29, 1.82) is 0 Å². The molecule has 0 saturated carbocycles. The Kier molecular flexibility index (Phi) is 7.64. The maximum absolute atomic E-state index is 13.7. The van der Waals surface area contributed by atoms with Crippen molar-refractivity contribution in [2.24, 2.45) is 0 Å². The summed E-state index contributed by atoms with van der Waals surface area (Å²) in [7, 11) is 0. The van der Waals surface area contributed by atoms with Gasteiger partial charge in [-0.05, 0) is 24.3 Å². The smallest absolute Gasteiger partial charge is 0.471 e. The van der Waals surface area contributed by atoms with Crippen LogP contribution in [0.15, 0.2) is 35.9 Å². The van der Waals surface area contributed by atoms with E-state index in [0.717, 1.165) is 0 Å². The van der Waals surface area contributed by atoms with Crippen LogP contribution in [-0.4, -0.2) is 53.0 Å². The van der Waals surface area contributed by atoms with Crippen molar-refractivity contribution < 1.29 is 89.3 Å². The Labute approximate surface area is 185 Å². The van der Waals surface area contributed by atoms with Crippen molar-refractivity contribution in [3.63, 3.8) is 0 Å². The van der Waals surface area contributed by atoms with Gasteiger partial charge in [0, 0.05) is 0 Å². The first-order valence-electron chi connectivity index (χ1n) is 8.12. The number of hydrogen-bond acceptors (Lipinski definition) is 2. The summed E-state index contributed by atoms with van der Waals surface area (Å²) >= 11 is 0. The summed E-state index contributed by atoms with van der Waals surface area (Å²) < 4.78 is 226. The highest BCUT2D eigenvalue weighted by Crippen LogP contribution is 2.58. The number of ether oxygens (including phenoxy) is 1. The number of halogens is 17. The molecule has 0 aliphatic rings. The molecule has 0 fully saturated rings. The molecule has 1 aromatic carbocycles. The molecule has 0 bridgehead atoms. The predicted octanol–water partition coefficient (Wildman–Crippen LogP) is 7.25. The second-order valence-corrected chi connectivity index (χ2v) is 6.45. The van der Waals surface area contributed by atoms with Gasteiger partial charge in [0.05, 0.1) is 5.56 Å². The van der Waals surface area contributed by atoms with Crippen molar-refractivity contribution in [1.82, 2.24) is 0 Å². The molecule has 0 amide bonds. The van der Waals surface area contributed by atoms with Crippen molar-refractivity contribution in [3.8, 4) is 5.75 Å². The summed E-state index contributed by atoms with van der Waals surface area (Å²) in [6.07, 6.45) is -14.4. The van der Waals surface area contributed by atoms with Crippen molar-refractivity contribution in [2.45, 2.75) is 41.9 Å². The van der Waals surface area contributed by atoms with Crippen molar-refractivity contribution in [2.75, 3.05) is 0 Å². The Bertz CT molecular complexity index is 1010. The van der Waals surface area contributed by atoms with Gasteiger partial charge in [-0.15, -0.1) is 0 Å². The number of allylic oxidation sites excluding steroid dienone is 2. The van der Waals surface area contributed by atoms with E-state index in [1.807, 2.05) is 0 Å². The molecule has 3 nitrogen and oxygen atoms in total. The fourth-order valence-electron chi connectivity index (χ4n) is 1.99. The van der Waals surface area contributed by atoms with E-state index in [0.29, 0.717) is 12.1 Å². The summed E-state index contributed by atoms with van der Waals surface area (Å²) in [4.78, 5) is 10.6. The van der Waals surface area contributed by atoms with Crippen LogP contribution in [0.5, 0.6) is 5.75 Å². The van der Waals surface area contributed by atoms with Crippen LogP contribution in [0.4, 0.5) is 74.6 Å². The molecule has 20 heteroatoms. The number of carboxylic acids is 1. The average Bonchev–Trinajstić information content (AvgIpc) is 2.71. The molecule has 0 spiro atoms. The van der Waals surface area contributed by atoms with Crippen molar-refractivity contribution >= 4 is 5.97 Å². The number of hydrogen-bond donors (Lipinski definition) is 1. The van der Waals surface area contributed by atoms with E-state index in [2.05, 4.69) is 4.74 Å². The van der Waals surface area contributed by atoms with E-state index in [-0.39, 0.29) is 12.1 Å². The van der Waals surface area contributed by atoms with Crippen LogP contribution in [0.1, 0.15) is 10.4 Å². The van der Waals surface area contributed by atoms with Crippen LogP contribution in [0.3, 0.4) is 0 Å². The molecule has 36 heavy (non-hydrogen) atoms. The molecule has 0 saturated heterocycles. The Morgan fingerprint density at radius 1 is 0.611 bits per heavy atom. The third-order valence-corrected chi connectivity index (χ3v) is 4.00. The van der Waals surface area contributed by atoms with E-state index in [4.69, 9.17) is 5.11 Å². The highest BCUT2D eigenvalue weighted by atomic mass is 19.4. The van der Waals surface area contributed by atoms with Crippen LogP contribution in [0, 0.1) is 0 Å². The Hall–Kier alpha value is -2.96. The second-order valence-electron chi connectivity index (χ2n) is 6.45. The molecule has 0 radical (unpaired) electrons. The fourth-order valence-corrected chi connectivity index (χ4v) is 1.99. The maximum atomic E-state index is 13.7. The van der Waals surface area contributed by atoms with Gasteiger partial charge in [-0.3, -0.25) is 0 Å². The zero-order chi connectivity index (χ0) is 28.9. The fraction of sp³-hybridized carbons (Fsp3) is 0.438. The number of carbonyl (C=O) groups is 1. The minimum Gasteiger partial charge on any atom is -0.478 e. The quantitative estimate of drug-likeness (QED) is 0.320. The summed E-state index contributed by atoms with van der Waals surface area (Å²) in [5, 5.41) is 8.56. The average molecular weight is 568 g/mol. The monoisotopic (exact) mass is 568 g/mol. The molecular weight excluding hydrogens is 563 g/mol. The first-order chi connectivity index (χ1) is 15.7. The van der Waals surface area contributed by atoms with Gasteiger partial charge in [0.2, 0.25) is 11.7 Å². The molecular formula is C16H5F17O3. The molecule has 0 aromatic heterocycles. The second kappa shape index (κ2) is 8.86. The summed E-state index contributed by atoms with van der Waals surface area (Å²) in [5.41, 5.74) is -0.724. The van der Waals surface area contributed by atoms with E-state index < -0.39 is 70.8 Å². The number of alkyl halides is 15. The van der Waals surface area contributed by atoms with Crippen LogP contribution in [0.25, 0.3) is 0 Å². The molecule has 0 atom stereocenters. The summed E-state index contributed by atoms with van der Waals surface area (Å²) in [5.74, 6) is -53.2. The van der Waals surface area contributed by atoms with Crippen LogP contribution >= 0.6 is 0 Å². The number of carboxylic acid groups (broad SMARTS) is 1. The number of aromatic carboxylic acids is 1. The lowest BCUT2D eigenvalue weighted by molar-refractivity contribution is -0.392. The number of rotatable bonds is 9. The third-order valence-electron chi connectivity index (χ3n) is 4.00. The van der Waals surface area contributed by atoms with Crippen LogP contribution in [-0.2, 0) is 0 Å². The lowest BCUT2D eigenvalue weighted by Crippen LogP contribution is -2.62. The van der Waals surface area contributed by atoms with E-state index in [9.17, 15) is 79.4 Å². The highest BCUT2D eigenvalue weighted by Gasteiger charge is 2.84. The predicted molar refractivity (Wildman–Crippen MR) is 79.0 cm³/mol. The number of benzene rings is 1. The van der Waals surface area contributed by atoms with E-state index in [1.54, 1.807) is 0 Å². The van der Waals surface area contributed by atoms with Gasteiger partial charge in [-0.1, -0.05) is 0 Å². The standard InChI is InChI=1S/C16H5F17O3/c17-7(10(19,20)12(23,24)14(27,28)15(29,30)31)8(18)11(21,22)13(25,26)16(32,33)36-6-3-1-5(2-4-6)9(34)35/h1-4H,(H,34,35). The topological polar surface area (TPSA) is 46.5 Å². The van der Waals surface area contributed by atoms with Gasteiger partial charge in [0.1, 0.15) is 5.75 Å². The molecule has 0 aliphatic carbocycles. The zero-order valence-corrected chi connectivity index (χ0v) is 16.0. The summed E-state index contributed by atoms with van der Waals surface area (Å²) in [6, 6.07) is 0.944. The van der Waals surface area contributed by atoms with Gasteiger partial charge in [0.25, 0.3) is 0 Å². The Balaban J connectivity index is 3.54. The van der Waals surface area contributed by atoms with Crippen LogP contribution in [0.2, 0.25) is 0 Å². The SMILES string of the molecule is O=C(O)c1ccc(OC(F)(F)C(F)(F)C(F)(F)C(F)=C(F)C(F)(F)C(F)(F)C(F)(F)C(F)(F)F)cc1. The molecule has 1 aromatic rings. The maximum Gasteiger partial charge on any atom is 0.471 e.